The van der Waals surface area contributed by atoms with Crippen molar-refractivity contribution in [2.45, 2.75) is 12.5 Å². The number of nitrogens with one attached hydrogen (secondary N) is 1. The van der Waals surface area contributed by atoms with Gasteiger partial charge in [-0.15, -0.1) is 0 Å². The first kappa shape index (κ1) is 14.6. The van der Waals surface area contributed by atoms with Crippen LogP contribution in [0.15, 0.2) is 47.6 Å². The normalized spacial score (nSPS) is 19.6. The fraction of sp³-hybridized carbons (Fsp3) is 0.267. The van der Waals surface area contributed by atoms with Crippen molar-refractivity contribution in [1.29, 1.82) is 0 Å². The standard InChI is InChI=1S/C15H15BrClN3O/c16-8-3-9-21-15-7-6-11(17)10-14(15)20-18-12-4-1-2-5-13(12)19-20/h1-2,4-7,10,12,18H,3,8-9H2. The Hall–Kier alpha value is -1.30. The maximum Gasteiger partial charge on any atom is 0.146 e. The quantitative estimate of drug-likeness (QED) is 0.636. The second-order valence-electron chi connectivity index (χ2n) is 4.69. The van der Waals surface area contributed by atoms with Crippen LogP contribution in [0, 0.1) is 0 Å². The number of hydrazine groups is 1. The van der Waals surface area contributed by atoms with Crippen LogP contribution >= 0.6 is 27.5 Å². The third-order valence-corrected chi connectivity index (χ3v) is 3.96. The summed E-state index contributed by atoms with van der Waals surface area (Å²) in [5.41, 5.74) is 5.11. The molecule has 1 N–H and O–H groups in total. The molecule has 0 amide bonds. The number of fused-ring (bicyclic) bond motifs is 1. The van der Waals surface area contributed by atoms with E-state index in [9.17, 15) is 0 Å². The maximum atomic E-state index is 6.12. The van der Waals surface area contributed by atoms with Crippen LogP contribution in [0.5, 0.6) is 5.75 Å². The van der Waals surface area contributed by atoms with Gasteiger partial charge in [-0.05, 0) is 30.7 Å². The fourth-order valence-corrected chi connectivity index (χ4v) is 2.55. The minimum absolute atomic E-state index is 0.101. The molecule has 0 aromatic heterocycles. The van der Waals surface area contributed by atoms with Crippen LogP contribution in [0.4, 0.5) is 5.69 Å². The summed E-state index contributed by atoms with van der Waals surface area (Å²) in [6, 6.07) is 5.66. The summed E-state index contributed by atoms with van der Waals surface area (Å²) in [5, 5.41) is 7.86. The van der Waals surface area contributed by atoms with Crippen LogP contribution in [0.2, 0.25) is 5.02 Å². The van der Waals surface area contributed by atoms with Gasteiger partial charge in [-0.25, -0.2) is 0 Å². The lowest BCUT2D eigenvalue weighted by atomic mass is 10.1. The van der Waals surface area contributed by atoms with Crippen molar-refractivity contribution in [3.63, 3.8) is 0 Å². The SMILES string of the molecule is Clc1ccc(OCCCBr)c(N2N=C3C=CC=CC3N2)c1. The van der Waals surface area contributed by atoms with Crippen LogP contribution in [0.25, 0.3) is 0 Å². The number of anilines is 1. The second-order valence-corrected chi connectivity index (χ2v) is 5.92. The van der Waals surface area contributed by atoms with Crippen LogP contribution in [0.1, 0.15) is 6.42 Å². The Kier molecular flexibility index (Phi) is 4.63. The largest absolute Gasteiger partial charge is 0.491 e. The van der Waals surface area contributed by atoms with E-state index in [1.54, 1.807) is 5.12 Å². The second kappa shape index (κ2) is 6.64. The van der Waals surface area contributed by atoms with E-state index in [0.29, 0.717) is 11.6 Å². The molecule has 3 rings (SSSR count). The number of benzene rings is 1. The van der Waals surface area contributed by atoms with Crippen LogP contribution in [0.3, 0.4) is 0 Å². The third-order valence-electron chi connectivity index (χ3n) is 3.16. The monoisotopic (exact) mass is 367 g/mol. The molecule has 0 fully saturated rings. The number of nitrogens with zero attached hydrogens (tertiary/aromatic N) is 2. The molecule has 0 saturated carbocycles. The molecule has 110 valence electrons. The topological polar surface area (TPSA) is 36.9 Å². The Morgan fingerprint density at radius 2 is 2.29 bits per heavy atom. The van der Waals surface area contributed by atoms with E-state index in [4.69, 9.17) is 16.3 Å². The number of hydrogen-bond acceptors (Lipinski definition) is 4. The minimum Gasteiger partial charge on any atom is -0.491 e. The van der Waals surface area contributed by atoms with Crippen molar-refractivity contribution in [2.24, 2.45) is 5.10 Å². The van der Waals surface area contributed by atoms with E-state index in [2.05, 4.69) is 32.5 Å². The van der Waals surface area contributed by atoms with Crippen molar-refractivity contribution in [3.05, 3.63) is 47.5 Å². The molecule has 0 bridgehead atoms. The molecule has 1 aromatic carbocycles. The lowest BCUT2D eigenvalue weighted by Crippen LogP contribution is -2.37. The number of alkyl halides is 1. The van der Waals surface area contributed by atoms with Gasteiger partial charge < -0.3 is 4.74 Å². The number of rotatable bonds is 5. The molecule has 0 radical (unpaired) electrons. The summed E-state index contributed by atoms with van der Waals surface area (Å²) in [5.74, 6) is 0.767. The molecule has 0 saturated heterocycles. The van der Waals surface area contributed by atoms with E-state index in [-0.39, 0.29) is 6.04 Å². The summed E-state index contributed by atoms with van der Waals surface area (Å²) in [6.07, 6.45) is 8.98. The molecule has 1 aliphatic heterocycles. The van der Waals surface area contributed by atoms with E-state index in [1.807, 2.05) is 36.4 Å². The highest BCUT2D eigenvalue weighted by molar-refractivity contribution is 9.09. The summed E-state index contributed by atoms with van der Waals surface area (Å²) in [7, 11) is 0. The highest BCUT2D eigenvalue weighted by atomic mass is 79.9. The highest BCUT2D eigenvalue weighted by Gasteiger charge is 2.26. The number of hydrazone groups is 1. The summed E-state index contributed by atoms with van der Waals surface area (Å²) in [4.78, 5) is 0. The third kappa shape index (κ3) is 3.31. The van der Waals surface area contributed by atoms with Gasteiger partial charge in [0.2, 0.25) is 0 Å². The van der Waals surface area contributed by atoms with Crippen LogP contribution in [-0.2, 0) is 0 Å². The van der Waals surface area contributed by atoms with Gasteiger partial charge in [0.05, 0.1) is 18.4 Å². The molecule has 1 atom stereocenters. The van der Waals surface area contributed by atoms with Crippen molar-refractivity contribution < 1.29 is 4.74 Å². The van der Waals surface area contributed by atoms with E-state index in [0.717, 1.165) is 28.9 Å². The van der Waals surface area contributed by atoms with Gasteiger partial charge in [-0.1, -0.05) is 45.8 Å². The van der Waals surface area contributed by atoms with Gasteiger partial charge >= 0.3 is 0 Å². The summed E-state index contributed by atoms with van der Waals surface area (Å²) >= 11 is 9.52. The molecule has 1 aliphatic carbocycles. The minimum atomic E-state index is 0.101. The first-order valence-electron chi connectivity index (χ1n) is 6.76. The molecule has 21 heavy (non-hydrogen) atoms. The smallest absolute Gasteiger partial charge is 0.146 e. The fourth-order valence-electron chi connectivity index (χ4n) is 2.15. The van der Waals surface area contributed by atoms with Crippen molar-refractivity contribution in [1.82, 2.24) is 5.43 Å². The first-order valence-corrected chi connectivity index (χ1v) is 8.26. The summed E-state index contributed by atoms with van der Waals surface area (Å²) in [6.45, 7) is 0.646. The average molecular weight is 369 g/mol. The predicted octanol–water partition coefficient (Wildman–Crippen LogP) is 3.68. The van der Waals surface area contributed by atoms with Crippen LogP contribution < -0.4 is 15.3 Å². The Balaban J connectivity index is 1.84. The Bertz CT molecular complexity index is 615. The van der Waals surface area contributed by atoms with E-state index in [1.165, 1.54) is 0 Å². The number of hydrogen-bond donors (Lipinski definition) is 1. The zero-order valence-electron chi connectivity index (χ0n) is 11.3. The van der Waals surface area contributed by atoms with Gasteiger partial charge in [0, 0.05) is 10.4 Å². The maximum absolute atomic E-state index is 6.12. The molecule has 1 unspecified atom stereocenters. The molecular formula is C15H15BrClN3O. The lowest BCUT2D eigenvalue weighted by molar-refractivity contribution is 0.319. The Morgan fingerprint density at radius 1 is 1.38 bits per heavy atom. The molecule has 4 nitrogen and oxygen atoms in total. The Morgan fingerprint density at radius 3 is 3.10 bits per heavy atom. The van der Waals surface area contributed by atoms with Crippen molar-refractivity contribution in [2.75, 3.05) is 17.1 Å². The molecule has 1 aromatic rings. The van der Waals surface area contributed by atoms with Gasteiger partial charge in [0.25, 0.3) is 0 Å². The van der Waals surface area contributed by atoms with Crippen LogP contribution in [-0.4, -0.2) is 23.7 Å². The first-order chi connectivity index (χ1) is 10.3. The number of ether oxygens (including phenoxy) is 1. The molecule has 1 heterocycles. The number of allylic oxidation sites excluding steroid dienone is 2. The zero-order valence-corrected chi connectivity index (χ0v) is 13.6. The molecular weight excluding hydrogens is 354 g/mol. The lowest BCUT2D eigenvalue weighted by Gasteiger charge is -2.20. The van der Waals surface area contributed by atoms with Gasteiger partial charge in [-0.2, -0.15) is 15.6 Å². The molecule has 0 spiro atoms. The predicted molar refractivity (Wildman–Crippen MR) is 90.5 cm³/mol. The van der Waals surface area contributed by atoms with Gasteiger partial charge in [0.1, 0.15) is 11.4 Å². The van der Waals surface area contributed by atoms with Gasteiger partial charge in [0.15, 0.2) is 0 Å². The zero-order chi connectivity index (χ0) is 14.7. The van der Waals surface area contributed by atoms with E-state index < -0.39 is 0 Å². The average Bonchev–Trinajstić information content (AvgIpc) is 2.92. The highest BCUT2D eigenvalue weighted by Crippen LogP contribution is 2.33. The van der Waals surface area contributed by atoms with Crippen molar-refractivity contribution >= 4 is 38.9 Å². The number of halogens is 2. The summed E-state index contributed by atoms with van der Waals surface area (Å²) < 4.78 is 5.82. The van der Waals surface area contributed by atoms with E-state index >= 15 is 0 Å². The Labute approximate surface area is 137 Å². The molecule has 6 heteroatoms. The van der Waals surface area contributed by atoms with Gasteiger partial charge in [-0.3, -0.25) is 0 Å². The molecule has 2 aliphatic rings. The van der Waals surface area contributed by atoms with Crippen molar-refractivity contribution in [3.8, 4) is 5.75 Å².